The second-order valence-corrected chi connectivity index (χ2v) is 9.06. The van der Waals surface area contributed by atoms with Crippen molar-refractivity contribution < 1.29 is 8.42 Å². The van der Waals surface area contributed by atoms with Crippen molar-refractivity contribution in [2.75, 3.05) is 26.2 Å². The van der Waals surface area contributed by atoms with Gasteiger partial charge in [0.05, 0.1) is 16.1 Å². The lowest BCUT2D eigenvalue weighted by Gasteiger charge is -2.33. The SMILES string of the molecule is Cc1ccc(S(=O)(=O)N2CCN(Cc3cc4ccccn4n3)CC2)c(C)c1. The number of hydrogen-bond acceptors (Lipinski definition) is 4. The summed E-state index contributed by atoms with van der Waals surface area (Å²) in [5.74, 6) is 0. The number of aryl methyl sites for hydroxylation is 2. The van der Waals surface area contributed by atoms with E-state index in [2.05, 4.69) is 16.1 Å². The Morgan fingerprint density at radius 2 is 1.78 bits per heavy atom. The molecule has 1 saturated heterocycles. The van der Waals surface area contributed by atoms with Crippen molar-refractivity contribution in [2.24, 2.45) is 0 Å². The van der Waals surface area contributed by atoms with E-state index in [1.54, 1.807) is 10.4 Å². The zero-order valence-electron chi connectivity index (χ0n) is 15.7. The minimum Gasteiger partial charge on any atom is -0.295 e. The van der Waals surface area contributed by atoms with E-state index in [9.17, 15) is 8.42 Å². The van der Waals surface area contributed by atoms with Crippen LogP contribution in [0.15, 0.2) is 53.6 Å². The molecule has 3 heterocycles. The summed E-state index contributed by atoms with van der Waals surface area (Å²) in [5, 5.41) is 4.59. The van der Waals surface area contributed by atoms with Crippen LogP contribution in [0.3, 0.4) is 0 Å². The van der Waals surface area contributed by atoms with Gasteiger partial charge in [-0.05, 0) is 43.7 Å². The minimum atomic E-state index is -3.44. The van der Waals surface area contributed by atoms with Crippen LogP contribution in [0.2, 0.25) is 0 Å². The first-order valence-electron chi connectivity index (χ1n) is 9.16. The molecule has 0 atom stereocenters. The minimum absolute atomic E-state index is 0.418. The van der Waals surface area contributed by atoms with Gasteiger partial charge < -0.3 is 0 Å². The normalized spacial score (nSPS) is 16.8. The molecule has 0 saturated carbocycles. The molecule has 6 nitrogen and oxygen atoms in total. The molecule has 3 aromatic rings. The number of rotatable bonds is 4. The lowest BCUT2D eigenvalue weighted by Crippen LogP contribution is -2.48. The van der Waals surface area contributed by atoms with Crippen molar-refractivity contribution in [3.63, 3.8) is 0 Å². The summed E-state index contributed by atoms with van der Waals surface area (Å²) < 4.78 is 29.5. The number of nitrogens with zero attached hydrogens (tertiary/aromatic N) is 4. The van der Waals surface area contributed by atoms with Crippen LogP contribution in [0.4, 0.5) is 0 Å². The third-order valence-corrected chi connectivity index (χ3v) is 7.14. The molecule has 0 spiro atoms. The van der Waals surface area contributed by atoms with Crippen molar-refractivity contribution in [1.82, 2.24) is 18.8 Å². The number of hydrogen-bond donors (Lipinski definition) is 0. The van der Waals surface area contributed by atoms with Crippen molar-refractivity contribution in [3.05, 3.63) is 65.5 Å². The highest BCUT2D eigenvalue weighted by molar-refractivity contribution is 7.89. The van der Waals surface area contributed by atoms with E-state index in [1.807, 2.05) is 54.9 Å². The molecule has 0 bridgehead atoms. The Morgan fingerprint density at radius 1 is 1.00 bits per heavy atom. The molecule has 0 aliphatic carbocycles. The molecule has 1 fully saturated rings. The molecule has 0 radical (unpaired) electrons. The van der Waals surface area contributed by atoms with Gasteiger partial charge in [-0.1, -0.05) is 23.8 Å². The summed E-state index contributed by atoms with van der Waals surface area (Å²) in [6.45, 7) is 6.99. The van der Waals surface area contributed by atoms with Crippen molar-refractivity contribution in [1.29, 1.82) is 0 Å². The second kappa shape index (κ2) is 7.07. The Hall–Kier alpha value is -2.22. The van der Waals surface area contributed by atoms with Gasteiger partial charge in [0, 0.05) is 38.9 Å². The van der Waals surface area contributed by atoms with Crippen molar-refractivity contribution in [2.45, 2.75) is 25.3 Å². The zero-order chi connectivity index (χ0) is 19.0. The van der Waals surface area contributed by atoms with E-state index in [4.69, 9.17) is 0 Å². The molecule has 2 aromatic heterocycles. The first kappa shape index (κ1) is 18.2. The summed E-state index contributed by atoms with van der Waals surface area (Å²) in [6.07, 6.45) is 1.94. The fourth-order valence-corrected chi connectivity index (χ4v) is 5.28. The summed E-state index contributed by atoms with van der Waals surface area (Å²) in [7, 11) is -3.44. The van der Waals surface area contributed by atoms with Crippen LogP contribution in [0.25, 0.3) is 5.52 Å². The Bertz CT molecular complexity index is 1030. The quantitative estimate of drug-likeness (QED) is 0.693. The van der Waals surface area contributed by atoms with Crippen LogP contribution in [0, 0.1) is 13.8 Å². The zero-order valence-corrected chi connectivity index (χ0v) is 16.5. The van der Waals surface area contributed by atoms with E-state index >= 15 is 0 Å². The van der Waals surface area contributed by atoms with Gasteiger partial charge in [0.2, 0.25) is 10.0 Å². The molecule has 1 aromatic carbocycles. The molecular weight excluding hydrogens is 360 g/mol. The molecule has 0 amide bonds. The van der Waals surface area contributed by atoms with Crippen LogP contribution >= 0.6 is 0 Å². The smallest absolute Gasteiger partial charge is 0.243 e. The van der Waals surface area contributed by atoms with E-state index < -0.39 is 10.0 Å². The average Bonchev–Trinajstić information content (AvgIpc) is 3.04. The van der Waals surface area contributed by atoms with Crippen molar-refractivity contribution >= 4 is 15.5 Å². The van der Waals surface area contributed by atoms with E-state index in [1.165, 1.54) is 0 Å². The molecule has 0 N–H and O–H groups in total. The van der Waals surface area contributed by atoms with Crippen LogP contribution in [0.1, 0.15) is 16.8 Å². The van der Waals surface area contributed by atoms with Gasteiger partial charge in [0.25, 0.3) is 0 Å². The van der Waals surface area contributed by atoms with E-state index in [-0.39, 0.29) is 0 Å². The predicted octanol–water partition coefficient (Wildman–Crippen LogP) is 2.46. The highest BCUT2D eigenvalue weighted by Crippen LogP contribution is 2.22. The maximum atomic E-state index is 13.0. The van der Waals surface area contributed by atoms with Gasteiger partial charge in [-0.25, -0.2) is 12.9 Å². The third kappa shape index (κ3) is 3.63. The molecule has 142 valence electrons. The Labute approximate surface area is 160 Å². The average molecular weight is 385 g/mol. The largest absolute Gasteiger partial charge is 0.295 e. The number of aromatic nitrogens is 2. The third-order valence-electron chi connectivity index (χ3n) is 5.09. The standard InChI is InChI=1S/C20H24N4O2S/c1-16-6-7-20(17(2)13-16)27(25,26)23-11-9-22(10-12-23)15-18-14-19-5-3-4-8-24(19)21-18/h3-8,13-14H,9-12,15H2,1-2H3. The Morgan fingerprint density at radius 3 is 2.48 bits per heavy atom. The first-order chi connectivity index (χ1) is 12.9. The number of sulfonamides is 1. The number of piperazine rings is 1. The number of pyridine rings is 1. The Kier molecular flexibility index (Phi) is 4.75. The highest BCUT2D eigenvalue weighted by atomic mass is 32.2. The monoisotopic (exact) mass is 384 g/mol. The molecule has 0 unspecified atom stereocenters. The van der Waals surface area contributed by atoms with E-state index in [0.717, 1.165) is 28.9 Å². The van der Waals surface area contributed by atoms with Crippen molar-refractivity contribution in [3.8, 4) is 0 Å². The summed E-state index contributed by atoms with van der Waals surface area (Å²) in [4.78, 5) is 2.68. The number of fused-ring (bicyclic) bond motifs is 1. The molecular formula is C20H24N4O2S. The molecule has 1 aliphatic rings. The van der Waals surface area contributed by atoms with Crippen LogP contribution < -0.4 is 0 Å². The highest BCUT2D eigenvalue weighted by Gasteiger charge is 2.29. The topological polar surface area (TPSA) is 57.9 Å². The van der Waals surface area contributed by atoms with Gasteiger partial charge in [-0.2, -0.15) is 9.40 Å². The van der Waals surface area contributed by atoms with E-state index in [0.29, 0.717) is 31.1 Å². The predicted molar refractivity (Wildman–Crippen MR) is 105 cm³/mol. The van der Waals surface area contributed by atoms with Gasteiger partial charge in [0.15, 0.2) is 0 Å². The molecule has 27 heavy (non-hydrogen) atoms. The van der Waals surface area contributed by atoms with Crippen LogP contribution in [-0.2, 0) is 16.6 Å². The fraction of sp³-hybridized carbons (Fsp3) is 0.350. The Balaban J connectivity index is 1.43. The molecule has 1 aliphatic heterocycles. The molecule has 7 heteroatoms. The summed E-state index contributed by atoms with van der Waals surface area (Å²) >= 11 is 0. The van der Waals surface area contributed by atoms with Gasteiger partial charge in [-0.3, -0.25) is 4.90 Å². The molecule has 4 rings (SSSR count). The van der Waals surface area contributed by atoms with Gasteiger partial charge in [0.1, 0.15) is 0 Å². The summed E-state index contributed by atoms with van der Waals surface area (Å²) in [5.41, 5.74) is 3.96. The fourth-order valence-electron chi connectivity index (χ4n) is 3.65. The maximum Gasteiger partial charge on any atom is 0.243 e. The van der Waals surface area contributed by atoms with Crippen LogP contribution in [-0.4, -0.2) is 53.4 Å². The first-order valence-corrected chi connectivity index (χ1v) is 10.6. The summed E-state index contributed by atoms with van der Waals surface area (Å²) in [6, 6.07) is 13.6. The van der Waals surface area contributed by atoms with Gasteiger partial charge >= 0.3 is 0 Å². The van der Waals surface area contributed by atoms with Gasteiger partial charge in [-0.15, -0.1) is 0 Å². The maximum absolute atomic E-state index is 13.0. The second-order valence-electron chi connectivity index (χ2n) is 7.15. The van der Waals surface area contributed by atoms with Crippen LogP contribution in [0.5, 0.6) is 0 Å². The number of benzene rings is 1. The lowest BCUT2D eigenvalue weighted by molar-refractivity contribution is 0.180. The lowest BCUT2D eigenvalue weighted by atomic mass is 10.2.